The number of aliphatic hydroxyl groups is 1. The van der Waals surface area contributed by atoms with Crippen LogP contribution >= 0.6 is 0 Å². The maximum atomic E-state index is 14.2. The van der Waals surface area contributed by atoms with Gasteiger partial charge in [0.25, 0.3) is 5.91 Å². The van der Waals surface area contributed by atoms with Gasteiger partial charge in [-0.05, 0) is 51.0 Å². The van der Waals surface area contributed by atoms with E-state index in [1.54, 1.807) is 16.6 Å². The lowest BCUT2D eigenvalue weighted by Crippen LogP contribution is -2.42. The summed E-state index contributed by atoms with van der Waals surface area (Å²) in [7, 11) is 1.29. The first-order valence-electron chi connectivity index (χ1n) is 11.7. The number of hydrogen-bond donors (Lipinski definition) is 4. The fourth-order valence-corrected chi connectivity index (χ4v) is 3.44. The van der Waals surface area contributed by atoms with Gasteiger partial charge in [0.15, 0.2) is 0 Å². The summed E-state index contributed by atoms with van der Waals surface area (Å²) in [6.45, 7) is 3.22. The summed E-state index contributed by atoms with van der Waals surface area (Å²) in [6, 6.07) is 9.08. The Morgan fingerprint density at radius 3 is 2.68 bits per heavy atom. The number of nitrogens with zero attached hydrogens (tertiary/aromatic N) is 4. The number of amides is 2. The van der Waals surface area contributed by atoms with E-state index in [0.717, 1.165) is 0 Å². The number of rotatable bonds is 11. The molecule has 4 N–H and O–H groups in total. The fraction of sp³-hybridized carbons (Fsp3) is 0.400. The molecule has 3 aromatic rings. The van der Waals surface area contributed by atoms with Gasteiger partial charge in [0.05, 0.1) is 59.2 Å². The lowest BCUT2D eigenvalue weighted by atomic mass is 10.0. The molecule has 1 atom stereocenters. The molecule has 0 saturated carbocycles. The summed E-state index contributed by atoms with van der Waals surface area (Å²) < 4.78 is 20.4. The van der Waals surface area contributed by atoms with Crippen LogP contribution in [-0.4, -0.2) is 70.2 Å². The number of fused-ring (bicyclic) bond motifs is 1. The molecule has 0 radical (unpaired) electrons. The number of pyridine rings is 1. The number of hydrogen-bond acceptors (Lipinski definition) is 8. The number of ether oxygens (including phenoxy) is 1. The van der Waals surface area contributed by atoms with Gasteiger partial charge in [-0.15, -0.1) is 0 Å². The highest BCUT2D eigenvalue weighted by atomic mass is 19.1. The minimum atomic E-state index is -1.65. The number of carbonyl (C=O) groups is 2. The number of anilines is 1. The van der Waals surface area contributed by atoms with E-state index in [1.807, 2.05) is 12.1 Å². The highest BCUT2D eigenvalue weighted by Crippen LogP contribution is 2.25. The second kappa shape index (κ2) is 12.1. The Kier molecular flexibility index (Phi) is 8.97. The van der Waals surface area contributed by atoms with E-state index < -0.39 is 23.8 Å². The molecule has 2 amide bonds. The van der Waals surface area contributed by atoms with Gasteiger partial charge in [0, 0.05) is 19.3 Å². The fourth-order valence-electron chi connectivity index (χ4n) is 3.44. The number of alkyl halides is 1. The van der Waals surface area contributed by atoms with E-state index >= 15 is 0 Å². The van der Waals surface area contributed by atoms with Gasteiger partial charge < -0.3 is 25.8 Å². The summed E-state index contributed by atoms with van der Waals surface area (Å²) in [5.74, 6) is -0.544. The van der Waals surface area contributed by atoms with Gasteiger partial charge in [-0.25, -0.2) is 13.7 Å². The Balaban J connectivity index is 1.81. The zero-order valence-corrected chi connectivity index (χ0v) is 20.9. The minimum Gasteiger partial charge on any atom is -0.453 e. The van der Waals surface area contributed by atoms with Crippen molar-refractivity contribution in [1.29, 1.82) is 5.26 Å². The molecule has 3 rings (SSSR count). The zero-order valence-electron chi connectivity index (χ0n) is 20.9. The Morgan fingerprint density at radius 1 is 1.22 bits per heavy atom. The van der Waals surface area contributed by atoms with Gasteiger partial charge >= 0.3 is 6.09 Å². The van der Waals surface area contributed by atoms with Crippen LogP contribution in [0.25, 0.3) is 16.9 Å². The van der Waals surface area contributed by atoms with E-state index in [9.17, 15) is 19.1 Å². The van der Waals surface area contributed by atoms with Gasteiger partial charge in [-0.2, -0.15) is 10.4 Å². The van der Waals surface area contributed by atoms with Crippen LogP contribution in [0.15, 0.2) is 36.7 Å². The van der Waals surface area contributed by atoms with Crippen molar-refractivity contribution in [3.8, 4) is 17.5 Å². The van der Waals surface area contributed by atoms with Gasteiger partial charge in [-0.3, -0.25) is 9.78 Å². The molecule has 0 saturated heterocycles. The number of aromatic nitrogens is 3. The maximum absolute atomic E-state index is 14.2. The maximum Gasteiger partial charge on any atom is 0.406 e. The zero-order chi connectivity index (χ0) is 27.0. The topological polar surface area (TPSA) is 154 Å². The Morgan fingerprint density at radius 2 is 1.97 bits per heavy atom. The van der Waals surface area contributed by atoms with Crippen molar-refractivity contribution >= 4 is 23.2 Å². The third kappa shape index (κ3) is 7.14. The van der Waals surface area contributed by atoms with Crippen LogP contribution in [0, 0.1) is 11.3 Å². The molecular formula is C25H30FN7O4. The van der Waals surface area contributed by atoms with Crippen LogP contribution in [0.4, 0.5) is 14.9 Å². The van der Waals surface area contributed by atoms with Crippen molar-refractivity contribution in [1.82, 2.24) is 25.2 Å². The molecule has 196 valence electrons. The second-order valence-electron chi connectivity index (χ2n) is 8.91. The number of alkyl carbamates (subject to hydrolysis) is 1. The van der Waals surface area contributed by atoms with Gasteiger partial charge in [-0.1, -0.05) is 0 Å². The predicted molar refractivity (Wildman–Crippen MR) is 135 cm³/mol. The van der Waals surface area contributed by atoms with Crippen LogP contribution in [0.2, 0.25) is 0 Å². The van der Waals surface area contributed by atoms with Gasteiger partial charge in [0.2, 0.25) is 0 Å². The number of nitrogens with one attached hydrogen (secondary N) is 3. The lowest BCUT2D eigenvalue weighted by molar-refractivity contribution is -0.00177. The van der Waals surface area contributed by atoms with Crippen molar-refractivity contribution in [2.24, 2.45) is 0 Å². The molecule has 12 heteroatoms. The first-order valence-corrected chi connectivity index (χ1v) is 11.7. The number of methoxy groups -OCH3 is 1. The number of nitriles is 1. The van der Waals surface area contributed by atoms with Crippen LogP contribution in [0.5, 0.6) is 0 Å². The van der Waals surface area contributed by atoms with Crippen molar-refractivity contribution in [2.45, 2.75) is 38.5 Å². The van der Waals surface area contributed by atoms with E-state index in [4.69, 9.17) is 5.26 Å². The van der Waals surface area contributed by atoms with Crippen molar-refractivity contribution < 1.29 is 23.8 Å². The molecule has 3 aromatic heterocycles. The average Bonchev–Trinajstić information content (AvgIpc) is 3.31. The molecule has 0 aromatic carbocycles. The quantitative estimate of drug-likeness (QED) is 0.287. The molecule has 0 fully saturated rings. The Bertz CT molecular complexity index is 1300. The number of carbonyl (C=O) groups excluding carboxylic acids is 2. The normalized spacial score (nSPS) is 12.0. The van der Waals surface area contributed by atoms with E-state index in [2.05, 4.69) is 36.8 Å². The van der Waals surface area contributed by atoms with Crippen molar-refractivity contribution in [3.05, 3.63) is 47.8 Å². The number of halogens is 1. The first kappa shape index (κ1) is 27.3. The molecule has 0 bridgehead atoms. The van der Waals surface area contributed by atoms with Crippen LogP contribution < -0.4 is 16.0 Å². The van der Waals surface area contributed by atoms with Crippen LogP contribution in [0.3, 0.4) is 0 Å². The molecule has 0 unspecified atom stereocenters. The second-order valence-corrected chi connectivity index (χ2v) is 8.91. The summed E-state index contributed by atoms with van der Waals surface area (Å²) in [5, 5.41) is 31.6. The SMILES string of the molecule is COC(=O)NCCCCNc1cc(-c2ccc3cc(C#N)cnn23)ncc1C(=O)NC[C@@H](F)C(C)(C)O. The van der Waals surface area contributed by atoms with Crippen LogP contribution in [-0.2, 0) is 4.74 Å². The van der Waals surface area contributed by atoms with Crippen LogP contribution in [0.1, 0.15) is 42.6 Å². The number of unbranched alkanes of at least 4 members (excludes halogenated alkanes) is 1. The standard InChI is InChI=1S/C25H30FN7O4/c1-25(2,36)22(26)15-31-23(34)18-14-30-20(11-19(18)28-8-4-5-9-29-24(35)37-3)21-7-6-17-10-16(12-27)13-32-33(17)21/h6-7,10-11,13-14,22,36H,4-5,8-9,15H2,1-3H3,(H,28,30)(H,29,35)(H,31,34)/t22-/m1/s1. The smallest absolute Gasteiger partial charge is 0.406 e. The van der Waals surface area contributed by atoms with Crippen molar-refractivity contribution in [2.75, 3.05) is 32.1 Å². The van der Waals surface area contributed by atoms with E-state index in [0.29, 0.717) is 54.1 Å². The highest BCUT2D eigenvalue weighted by Gasteiger charge is 2.27. The summed E-state index contributed by atoms with van der Waals surface area (Å²) in [4.78, 5) is 28.5. The van der Waals surface area contributed by atoms with Crippen molar-refractivity contribution in [3.63, 3.8) is 0 Å². The molecule has 3 heterocycles. The highest BCUT2D eigenvalue weighted by molar-refractivity contribution is 6.00. The molecule has 37 heavy (non-hydrogen) atoms. The molecule has 0 aliphatic heterocycles. The average molecular weight is 512 g/mol. The third-order valence-electron chi connectivity index (χ3n) is 5.62. The molecule has 0 spiro atoms. The largest absolute Gasteiger partial charge is 0.453 e. The molecular weight excluding hydrogens is 481 g/mol. The third-order valence-corrected chi connectivity index (χ3v) is 5.62. The van der Waals surface area contributed by atoms with E-state index in [1.165, 1.54) is 33.4 Å². The molecule has 0 aliphatic carbocycles. The Labute approximate surface area is 213 Å². The minimum absolute atomic E-state index is 0.208. The lowest BCUT2D eigenvalue weighted by Gasteiger charge is -2.22. The predicted octanol–water partition coefficient (Wildman–Crippen LogP) is 2.65. The summed E-state index contributed by atoms with van der Waals surface area (Å²) in [5.41, 5.74) is 1.42. The first-order chi connectivity index (χ1) is 17.6. The molecule has 11 nitrogen and oxygen atoms in total. The van der Waals surface area contributed by atoms with Gasteiger partial charge in [0.1, 0.15) is 12.2 Å². The molecule has 0 aliphatic rings. The summed E-state index contributed by atoms with van der Waals surface area (Å²) in [6.07, 6.45) is 2.05. The monoisotopic (exact) mass is 511 g/mol. The summed E-state index contributed by atoms with van der Waals surface area (Å²) >= 11 is 0. The Hall–Kier alpha value is -4.24. The van der Waals surface area contributed by atoms with E-state index in [-0.39, 0.29) is 12.1 Å².